The molecule has 2 aromatic rings. The number of hydrogen-bond acceptors (Lipinski definition) is 2. The number of imidazole rings is 1. The predicted molar refractivity (Wildman–Crippen MR) is 71.7 cm³/mol. The lowest BCUT2D eigenvalue weighted by molar-refractivity contribution is -0.131. The van der Waals surface area contributed by atoms with Crippen LogP contribution in [-0.4, -0.2) is 20.6 Å². The highest BCUT2D eigenvalue weighted by Crippen LogP contribution is 2.08. The van der Waals surface area contributed by atoms with Crippen molar-refractivity contribution in [2.24, 2.45) is 0 Å². The van der Waals surface area contributed by atoms with Gasteiger partial charge >= 0.3 is 5.97 Å². The quantitative estimate of drug-likeness (QED) is 0.863. The van der Waals surface area contributed by atoms with Crippen LogP contribution in [0.4, 0.5) is 0 Å². The van der Waals surface area contributed by atoms with Crippen LogP contribution in [0.1, 0.15) is 11.1 Å². The van der Waals surface area contributed by atoms with Crippen molar-refractivity contribution in [3.05, 3.63) is 60.2 Å². The van der Waals surface area contributed by atoms with Crippen molar-refractivity contribution in [3.8, 4) is 0 Å². The molecule has 18 heavy (non-hydrogen) atoms. The highest BCUT2D eigenvalue weighted by Gasteiger charge is 1.96. The van der Waals surface area contributed by atoms with Gasteiger partial charge < -0.3 is 9.67 Å². The Balaban J connectivity index is 0.00000162. The number of carboxylic acids is 1. The van der Waals surface area contributed by atoms with Gasteiger partial charge in [-0.25, -0.2) is 9.78 Å². The molecule has 0 saturated carbocycles. The highest BCUT2D eigenvalue weighted by atomic mass is 35.5. The van der Waals surface area contributed by atoms with Crippen molar-refractivity contribution in [3.63, 3.8) is 0 Å². The van der Waals surface area contributed by atoms with Crippen LogP contribution >= 0.6 is 12.4 Å². The van der Waals surface area contributed by atoms with E-state index in [9.17, 15) is 4.79 Å². The zero-order valence-electron chi connectivity index (χ0n) is 9.56. The number of rotatable bonds is 4. The first-order chi connectivity index (χ1) is 8.24. The van der Waals surface area contributed by atoms with Gasteiger partial charge in [0.15, 0.2) is 0 Å². The molecule has 1 N–H and O–H groups in total. The Morgan fingerprint density at radius 3 is 2.94 bits per heavy atom. The van der Waals surface area contributed by atoms with E-state index in [0.29, 0.717) is 0 Å². The van der Waals surface area contributed by atoms with E-state index >= 15 is 0 Å². The lowest BCUT2D eigenvalue weighted by atomic mass is 10.1. The Morgan fingerprint density at radius 2 is 2.28 bits per heavy atom. The summed E-state index contributed by atoms with van der Waals surface area (Å²) < 4.78 is 1.96. The van der Waals surface area contributed by atoms with Crippen LogP contribution in [0, 0.1) is 0 Å². The summed E-state index contributed by atoms with van der Waals surface area (Å²) in [5, 5.41) is 8.55. The van der Waals surface area contributed by atoms with Crippen molar-refractivity contribution in [2.45, 2.75) is 6.54 Å². The lowest BCUT2D eigenvalue weighted by Gasteiger charge is -2.03. The second-order valence-electron chi connectivity index (χ2n) is 3.65. The van der Waals surface area contributed by atoms with Crippen molar-refractivity contribution in [1.29, 1.82) is 0 Å². The fraction of sp³-hybridized carbons (Fsp3) is 0.0769. The van der Waals surface area contributed by atoms with E-state index in [1.807, 2.05) is 35.0 Å². The molecule has 1 aromatic heterocycles. The molecular formula is C13H13ClN2O2. The van der Waals surface area contributed by atoms with Crippen molar-refractivity contribution < 1.29 is 9.90 Å². The van der Waals surface area contributed by atoms with Gasteiger partial charge in [0.05, 0.1) is 6.33 Å². The van der Waals surface area contributed by atoms with Crippen LogP contribution in [0.15, 0.2) is 49.1 Å². The molecule has 1 heterocycles. The topological polar surface area (TPSA) is 55.1 Å². The maximum absolute atomic E-state index is 10.4. The van der Waals surface area contributed by atoms with Crippen LogP contribution in [0.3, 0.4) is 0 Å². The number of halogens is 1. The zero-order valence-corrected chi connectivity index (χ0v) is 10.4. The summed E-state index contributed by atoms with van der Waals surface area (Å²) in [5.41, 5.74) is 1.99. The fourth-order valence-electron chi connectivity index (χ4n) is 1.55. The minimum atomic E-state index is -0.940. The fourth-order valence-corrected chi connectivity index (χ4v) is 1.55. The molecular weight excluding hydrogens is 252 g/mol. The molecule has 0 bridgehead atoms. The smallest absolute Gasteiger partial charge is 0.328 e. The summed E-state index contributed by atoms with van der Waals surface area (Å²) in [7, 11) is 0. The van der Waals surface area contributed by atoms with E-state index in [1.165, 1.54) is 0 Å². The van der Waals surface area contributed by atoms with E-state index in [2.05, 4.69) is 4.98 Å². The predicted octanol–water partition coefficient (Wildman–Crippen LogP) is 2.45. The Labute approximate surface area is 111 Å². The minimum absolute atomic E-state index is 0. The van der Waals surface area contributed by atoms with Crippen LogP contribution in [-0.2, 0) is 11.3 Å². The maximum atomic E-state index is 10.4. The first-order valence-electron chi connectivity index (χ1n) is 5.20. The number of nitrogens with zero attached hydrogens (tertiary/aromatic N) is 2. The molecule has 0 atom stereocenters. The normalized spacial score (nSPS) is 10.2. The van der Waals surface area contributed by atoms with Gasteiger partial charge in [0.1, 0.15) is 0 Å². The third-order valence-electron chi connectivity index (χ3n) is 2.29. The van der Waals surface area contributed by atoms with Gasteiger partial charge in [0.2, 0.25) is 0 Å². The van der Waals surface area contributed by atoms with Crippen molar-refractivity contribution in [2.75, 3.05) is 0 Å². The van der Waals surface area contributed by atoms with E-state index in [1.54, 1.807) is 18.6 Å². The highest BCUT2D eigenvalue weighted by molar-refractivity contribution is 5.85. The Bertz CT molecular complexity index is 536. The van der Waals surface area contributed by atoms with Gasteiger partial charge in [-0.2, -0.15) is 0 Å². The molecule has 0 unspecified atom stereocenters. The number of carboxylic acid groups (broad SMARTS) is 1. The van der Waals surface area contributed by atoms with Gasteiger partial charge in [0, 0.05) is 25.0 Å². The summed E-state index contributed by atoms with van der Waals surface area (Å²) in [5.74, 6) is -0.940. The van der Waals surface area contributed by atoms with Gasteiger partial charge in [-0.05, 0) is 23.3 Å². The second-order valence-corrected chi connectivity index (χ2v) is 3.65. The van der Waals surface area contributed by atoms with Gasteiger partial charge in [-0.1, -0.05) is 18.2 Å². The molecule has 0 aliphatic heterocycles. The summed E-state index contributed by atoms with van der Waals surface area (Å²) in [4.78, 5) is 14.4. The third-order valence-corrected chi connectivity index (χ3v) is 2.29. The average molecular weight is 265 g/mol. The molecule has 0 spiro atoms. The second kappa shape index (κ2) is 6.61. The van der Waals surface area contributed by atoms with Crippen LogP contribution in [0.5, 0.6) is 0 Å². The third kappa shape index (κ3) is 4.07. The van der Waals surface area contributed by atoms with Crippen LogP contribution in [0.25, 0.3) is 6.08 Å². The molecule has 0 saturated heterocycles. The molecule has 0 radical (unpaired) electrons. The maximum Gasteiger partial charge on any atom is 0.328 e. The zero-order chi connectivity index (χ0) is 12.1. The number of aliphatic carboxylic acids is 1. The summed E-state index contributed by atoms with van der Waals surface area (Å²) in [6.45, 7) is 0.731. The number of aromatic nitrogens is 2. The van der Waals surface area contributed by atoms with E-state index in [4.69, 9.17) is 5.11 Å². The Hall–Kier alpha value is -2.07. The van der Waals surface area contributed by atoms with Crippen molar-refractivity contribution >= 4 is 24.5 Å². The largest absolute Gasteiger partial charge is 0.478 e. The summed E-state index contributed by atoms with van der Waals surface area (Å²) in [6, 6.07) is 7.74. The molecule has 94 valence electrons. The van der Waals surface area contributed by atoms with Crippen LogP contribution < -0.4 is 0 Å². The number of benzene rings is 1. The molecule has 0 fully saturated rings. The molecule has 0 aliphatic rings. The van der Waals surface area contributed by atoms with Crippen LogP contribution in [0.2, 0.25) is 0 Å². The first kappa shape index (κ1) is 14.0. The lowest BCUT2D eigenvalue weighted by Crippen LogP contribution is -1.96. The molecule has 2 rings (SSSR count). The Morgan fingerprint density at radius 1 is 1.44 bits per heavy atom. The first-order valence-corrected chi connectivity index (χ1v) is 5.20. The van der Waals surface area contributed by atoms with Gasteiger partial charge in [-0.3, -0.25) is 0 Å². The molecule has 0 aliphatic carbocycles. The van der Waals surface area contributed by atoms with E-state index in [-0.39, 0.29) is 12.4 Å². The standard InChI is InChI=1S/C13H12N2O2.ClH/c16-13(17)5-4-11-2-1-3-12(8-11)9-15-7-6-14-10-15;/h1-8,10H,9H2,(H,16,17);1H/b5-4+;. The molecule has 0 amide bonds. The monoisotopic (exact) mass is 264 g/mol. The minimum Gasteiger partial charge on any atom is -0.478 e. The summed E-state index contributed by atoms with van der Waals surface area (Å²) >= 11 is 0. The average Bonchev–Trinajstić information content (AvgIpc) is 2.80. The number of carbonyl (C=O) groups is 1. The molecule has 4 nitrogen and oxygen atoms in total. The van der Waals surface area contributed by atoms with E-state index < -0.39 is 5.97 Å². The Kier molecular flexibility index (Phi) is 5.14. The van der Waals surface area contributed by atoms with Gasteiger partial charge in [0.25, 0.3) is 0 Å². The SMILES string of the molecule is Cl.O=C(O)/C=C/c1cccc(Cn2ccnc2)c1. The molecule has 5 heteroatoms. The van der Waals surface area contributed by atoms with E-state index in [0.717, 1.165) is 23.7 Å². The van der Waals surface area contributed by atoms with Gasteiger partial charge in [-0.15, -0.1) is 12.4 Å². The molecule has 1 aromatic carbocycles. The van der Waals surface area contributed by atoms with Crippen molar-refractivity contribution in [1.82, 2.24) is 9.55 Å². The summed E-state index contributed by atoms with van der Waals surface area (Å²) in [6.07, 6.45) is 8.09. The number of hydrogen-bond donors (Lipinski definition) is 1.